The summed E-state index contributed by atoms with van der Waals surface area (Å²) in [6.07, 6.45) is 6.21. The SMILES string of the molecule is C=C/C(=C\C(=C)N=C(N)N)C(=O)NC1CCC(CC(NC(C)=O)C(=O)O)CC1. The molecule has 0 bridgehead atoms. The largest absolute Gasteiger partial charge is 0.480 e. The first-order valence-corrected chi connectivity index (χ1v) is 9.05. The Hall–Kier alpha value is -3.10. The third-order valence-electron chi connectivity index (χ3n) is 4.50. The van der Waals surface area contributed by atoms with Gasteiger partial charge in [-0.3, -0.25) is 9.59 Å². The van der Waals surface area contributed by atoms with E-state index in [1.54, 1.807) is 0 Å². The number of nitrogens with one attached hydrogen (secondary N) is 2. The summed E-state index contributed by atoms with van der Waals surface area (Å²) in [6.45, 7) is 8.58. The normalized spacial score (nSPS) is 20.4. The second-order valence-corrected chi connectivity index (χ2v) is 6.85. The fourth-order valence-corrected chi connectivity index (χ4v) is 3.21. The first kappa shape index (κ1) is 22.9. The van der Waals surface area contributed by atoms with Crippen molar-refractivity contribution in [3.05, 3.63) is 36.6 Å². The van der Waals surface area contributed by atoms with Crippen LogP contribution in [0.15, 0.2) is 41.6 Å². The summed E-state index contributed by atoms with van der Waals surface area (Å²) in [6, 6.07) is -0.905. The Balaban J connectivity index is 2.58. The fraction of sp³-hybridized carbons (Fsp3) is 0.474. The molecule has 0 aromatic rings. The van der Waals surface area contributed by atoms with E-state index < -0.39 is 12.0 Å². The van der Waals surface area contributed by atoms with E-state index in [-0.39, 0.29) is 35.4 Å². The molecule has 7 N–H and O–H groups in total. The first-order chi connectivity index (χ1) is 13.1. The molecule has 1 atom stereocenters. The van der Waals surface area contributed by atoms with Gasteiger partial charge in [-0.1, -0.05) is 19.2 Å². The van der Waals surface area contributed by atoms with E-state index in [2.05, 4.69) is 28.8 Å². The van der Waals surface area contributed by atoms with Crippen molar-refractivity contribution in [1.29, 1.82) is 0 Å². The predicted molar refractivity (Wildman–Crippen MR) is 107 cm³/mol. The lowest BCUT2D eigenvalue weighted by atomic mass is 9.82. The van der Waals surface area contributed by atoms with E-state index in [9.17, 15) is 19.5 Å². The predicted octanol–water partition coefficient (Wildman–Crippen LogP) is 0.540. The van der Waals surface area contributed by atoms with Gasteiger partial charge in [0.05, 0.1) is 5.70 Å². The quantitative estimate of drug-likeness (QED) is 0.167. The molecule has 1 rings (SSSR count). The Bertz CT molecular complexity index is 686. The maximum absolute atomic E-state index is 12.4. The summed E-state index contributed by atoms with van der Waals surface area (Å²) in [5.74, 6) is -1.67. The van der Waals surface area contributed by atoms with Crippen LogP contribution in [-0.4, -0.2) is 40.9 Å². The number of carbonyl (C=O) groups is 3. The zero-order valence-electron chi connectivity index (χ0n) is 16.1. The number of hydrogen-bond acceptors (Lipinski definition) is 4. The Morgan fingerprint density at radius 1 is 1.25 bits per heavy atom. The molecule has 1 fully saturated rings. The van der Waals surface area contributed by atoms with Gasteiger partial charge in [-0.05, 0) is 44.1 Å². The van der Waals surface area contributed by atoms with Gasteiger partial charge < -0.3 is 27.2 Å². The Labute approximate surface area is 164 Å². The molecule has 1 saturated carbocycles. The number of guanidine groups is 1. The number of carboxylic acid groups (broad SMARTS) is 1. The number of carboxylic acids is 1. The molecule has 0 heterocycles. The molecule has 1 aliphatic rings. The van der Waals surface area contributed by atoms with Crippen LogP contribution >= 0.6 is 0 Å². The second-order valence-electron chi connectivity index (χ2n) is 6.85. The molecular formula is C19H29N5O4. The van der Waals surface area contributed by atoms with Crippen LogP contribution in [0.5, 0.6) is 0 Å². The lowest BCUT2D eigenvalue weighted by Gasteiger charge is -2.30. The van der Waals surface area contributed by atoms with Crippen molar-refractivity contribution in [2.75, 3.05) is 0 Å². The lowest BCUT2D eigenvalue weighted by Crippen LogP contribution is -2.43. The van der Waals surface area contributed by atoms with Crippen LogP contribution in [-0.2, 0) is 14.4 Å². The number of nitrogens with two attached hydrogens (primary N) is 2. The molecule has 1 unspecified atom stereocenters. The Morgan fingerprint density at radius 2 is 1.86 bits per heavy atom. The maximum atomic E-state index is 12.4. The molecule has 0 saturated heterocycles. The van der Waals surface area contributed by atoms with Gasteiger partial charge in [-0.25, -0.2) is 9.79 Å². The van der Waals surface area contributed by atoms with Crippen LogP contribution in [0.2, 0.25) is 0 Å². The van der Waals surface area contributed by atoms with Gasteiger partial charge >= 0.3 is 5.97 Å². The van der Waals surface area contributed by atoms with Gasteiger partial charge in [0, 0.05) is 18.5 Å². The highest BCUT2D eigenvalue weighted by molar-refractivity contribution is 5.96. The number of aliphatic imine (C=N–C) groups is 1. The average Bonchev–Trinajstić information content (AvgIpc) is 2.59. The zero-order valence-corrected chi connectivity index (χ0v) is 16.1. The van der Waals surface area contributed by atoms with E-state index in [0.717, 1.165) is 25.7 Å². The number of carbonyl (C=O) groups excluding carboxylic acids is 2. The number of amides is 2. The number of nitrogens with zero attached hydrogens (tertiary/aromatic N) is 1. The standard InChI is InChI=1S/C19H29N5O4/c1-4-14(9-11(2)22-19(20)21)17(26)24-15-7-5-13(6-8-15)10-16(18(27)28)23-12(3)25/h4,9,13,15-16H,1-2,5-8,10H2,3H3,(H,23,25)(H,24,26)(H,27,28)(H4,20,21,22)/b14-9+. The van der Waals surface area contributed by atoms with Crippen molar-refractivity contribution in [3.63, 3.8) is 0 Å². The summed E-state index contributed by atoms with van der Waals surface area (Å²) in [7, 11) is 0. The third-order valence-corrected chi connectivity index (χ3v) is 4.50. The summed E-state index contributed by atoms with van der Waals surface area (Å²) in [5.41, 5.74) is 11.1. The van der Waals surface area contributed by atoms with Crippen molar-refractivity contribution >= 4 is 23.7 Å². The summed E-state index contributed by atoms with van der Waals surface area (Å²) in [4.78, 5) is 38.6. The summed E-state index contributed by atoms with van der Waals surface area (Å²) in [5, 5.41) is 14.6. The van der Waals surface area contributed by atoms with Gasteiger partial charge in [-0.15, -0.1) is 0 Å². The third kappa shape index (κ3) is 8.07. The van der Waals surface area contributed by atoms with Crippen molar-refractivity contribution in [2.24, 2.45) is 22.4 Å². The summed E-state index contributed by atoms with van der Waals surface area (Å²) >= 11 is 0. The minimum absolute atomic E-state index is 0.0208. The van der Waals surface area contributed by atoms with E-state index in [1.165, 1.54) is 19.1 Å². The monoisotopic (exact) mass is 391 g/mol. The average molecular weight is 391 g/mol. The molecule has 9 nitrogen and oxygen atoms in total. The number of hydrogen-bond donors (Lipinski definition) is 5. The van der Waals surface area contributed by atoms with Gasteiger partial charge in [-0.2, -0.15) is 0 Å². The molecule has 1 aliphatic carbocycles. The van der Waals surface area contributed by atoms with E-state index >= 15 is 0 Å². The van der Waals surface area contributed by atoms with Gasteiger partial charge in [0.2, 0.25) is 5.91 Å². The van der Waals surface area contributed by atoms with Crippen LogP contribution in [0.3, 0.4) is 0 Å². The van der Waals surface area contributed by atoms with Crippen molar-refractivity contribution in [2.45, 2.75) is 51.1 Å². The highest BCUT2D eigenvalue weighted by atomic mass is 16.4. The maximum Gasteiger partial charge on any atom is 0.326 e. The topological polar surface area (TPSA) is 160 Å². The van der Waals surface area contributed by atoms with Gasteiger partial charge in [0.15, 0.2) is 5.96 Å². The van der Waals surface area contributed by atoms with Gasteiger partial charge in [0.25, 0.3) is 5.91 Å². The highest BCUT2D eigenvalue weighted by Gasteiger charge is 2.28. The van der Waals surface area contributed by atoms with Gasteiger partial charge in [0.1, 0.15) is 6.04 Å². The molecule has 0 aromatic carbocycles. The first-order valence-electron chi connectivity index (χ1n) is 9.05. The molecule has 154 valence electrons. The van der Waals surface area contributed by atoms with Crippen molar-refractivity contribution in [1.82, 2.24) is 10.6 Å². The second kappa shape index (κ2) is 10.9. The molecule has 0 aromatic heterocycles. The Kier molecular flexibility index (Phi) is 8.94. The molecular weight excluding hydrogens is 362 g/mol. The number of rotatable bonds is 9. The van der Waals surface area contributed by atoms with Crippen LogP contribution in [0, 0.1) is 5.92 Å². The molecule has 9 heteroatoms. The fourth-order valence-electron chi connectivity index (χ4n) is 3.21. The van der Waals surface area contributed by atoms with Crippen LogP contribution in [0.4, 0.5) is 0 Å². The van der Waals surface area contributed by atoms with Crippen molar-refractivity contribution < 1.29 is 19.5 Å². The smallest absolute Gasteiger partial charge is 0.326 e. The molecule has 2 amide bonds. The van der Waals surface area contributed by atoms with Crippen molar-refractivity contribution in [3.8, 4) is 0 Å². The highest BCUT2D eigenvalue weighted by Crippen LogP contribution is 2.28. The molecule has 0 spiro atoms. The van der Waals surface area contributed by atoms with Crippen LogP contribution in [0.1, 0.15) is 39.0 Å². The zero-order chi connectivity index (χ0) is 21.3. The Morgan fingerprint density at radius 3 is 2.32 bits per heavy atom. The molecule has 0 radical (unpaired) electrons. The minimum atomic E-state index is -1.03. The number of aliphatic carboxylic acids is 1. The summed E-state index contributed by atoms with van der Waals surface area (Å²) < 4.78 is 0. The van der Waals surface area contributed by atoms with E-state index in [1.807, 2.05) is 0 Å². The molecule has 28 heavy (non-hydrogen) atoms. The van der Waals surface area contributed by atoms with E-state index in [4.69, 9.17) is 11.5 Å². The van der Waals surface area contributed by atoms with Crippen LogP contribution < -0.4 is 22.1 Å². The lowest BCUT2D eigenvalue weighted by molar-refractivity contribution is -0.142. The molecule has 0 aliphatic heterocycles. The van der Waals surface area contributed by atoms with Crippen LogP contribution in [0.25, 0.3) is 0 Å². The van der Waals surface area contributed by atoms with E-state index in [0.29, 0.717) is 12.0 Å². The number of allylic oxidation sites excluding steroid dienone is 1. The minimum Gasteiger partial charge on any atom is -0.480 e.